The van der Waals surface area contributed by atoms with E-state index in [4.69, 9.17) is 5.73 Å². The summed E-state index contributed by atoms with van der Waals surface area (Å²) in [6.07, 6.45) is 4.08. The molecule has 0 aliphatic rings. The van der Waals surface area contributed by atoms with Crippen LogP contribution in [-0.2, 0) is 12.8 Å². The molecule has 0 saturated heterocycles. The summed E-state index contributed by atoms with van der Waals surface area (Å²) in [5.41, 5.74) is 8.68. The fourth-order valence-corrected chi connectivity index (χ4v) is 3.08. The van der Waals surface area contributed by atoms with Gasteiger partial charge in [-0.3, -0.25) is 0 Å². The van der Waals surface area contributed by atoms with Crippen molar-refractivity contribution in [1.82, 2.24) is 4.98 Å². The van der Waals surface area contributed by atoms with Crippen molar-refractivity contribution in [1.29, 1.82) is 0 Å². The zero-order valence-corrected chi connectivity index (χ0v) is 11.8. The molecule has 1 aromatic carbocycles. The molecule has 2 rings (SSSR count). The van der Waals surface area contributed by atoms with Gasteiger partial charge < -0.3 is 5.73 Å². The predicted molar refractivity (Wildman–Crippen MR) is 78.0 cm³/mol. The van der Waals surface area contributed by atoms with Gasteiger partial charge in [0.05, 0.1) is 5.01 Å². The van der Waals surface area contributed by atoms with Crippen LogP contribution >= 0.6 is 11.3 Å². The summed E-state index contributed by atoms with van der Waals surface area (Å²) >= 11 is 1.78. The molecule has 1 atom stereocenters. The molecule has 0 radical (unpaired) electrons. The molecule has 18 heavy (non-hydrogen) atoms. The molecule has 0 aliphatic heterocycles. The predicted octanol–water partition coefficient (Wildman–Crippen LogP) is 3.12. The average Bonchev–Trinajstić information content (AvgIpc) is 2.76. The molecule has 96 valence electrons. The van der Waals surface area contributed by atoms with E-state index in [1.165, 1.54) is 16.0 Å². The van der Waals surface area contributed by atoms with Crippen LogP contribution in [0.3, 0.4) is 0 Å². The van der Waals surface area contributed by atoms with Crippen LogP contribution < -0.4 is 5.73 Å². The van der Waals surface area contributed by atoms with Crippen LogP contribution in [0.15, 0.2) is 30.5 Å². The van der Waals surface area contributed by atoms with Gasteiger partial charge in [-0.25, -0.2) is 4.98 Å². The second-order valence-corrected chi connectivity index (χ2v) is 6.10. The Bertz CT molecular complexity index is 505. The summed E-state index contributed by atoms with van der Waals surface area (Å²) < 4.78 is 0. The van der Waals surface area contributed by atoms with Crippen LogP contribution in [-0.4, -0.2) is 11.5 Å². The van der Waals surface area contributed by atoms with Gasteiger partial charge in [0.1, 0.15) is 0 Å². The van der Waals surface area contributed by atoms with Crippen LogP contribution in [0.1, 0.15) is 21.0 Å². The van der Waals surface area contributed by atoms with E-state index in [-0.39, 0.29) is 0 Å². The fourth-order valence-electron chi connectivity index (χ4n) is 2.17. The van der Waals surface area contributed by atoms with Crippen molar-refractivity contribution in [3.63, 3.8) is 0 Å². The fraction of sp³-hybridized carbons (Fsp3) is 0.400. The Hall–Kier alpha value is -1.19. The topological polar surface area (TPSA) is 38.9 Å². The van der Waals surface area contributed by atoms with E-state index in [2.05, 4.69) is 36.2 Å². The number of aromatic nitrogens is 1. The van der Waals surface area contributed by atoms with Crippen LogP contribution in [0.5, 0.6) is 0 Å². The highest BCUT2D eigenvalue weighted by atomic mass is 32.1. The van der Waals surface area contributed by atoms with E-state index >= 15 is 0 Å². The molecule has 0 fully saturated rings. The highest BCUT2D eigenvalue weighted by Gasteiger charge is 2.11. The molecule has 2 N–H and O–H groups in total. The van der Waals surface area contributed by atoms with E-state index in [0.29, 0.717) is 5.92 Å². The highest BCUT2D eigenvalue weighted by molar-refractivity contribution is 7.11. The lowest BCUT2D eigenvalue weighted by Gasteiger charge is -2.15. The van der Waals surface area contributed by atoms with Crippen LogP contribution in [0, 0.1) is 19.8 Å². The molecule has 0 bridgehead atoms. The van der Waals surface area contributed by atoms with E-state index in [1.807, 2.05) is 13.1 Å². The molecule has 1 heterocycles. The summed E-state index contributed by atoms with van der Waals surface area (Å²) in [6.45, 7) is 4.94. The van der Waals surface area contributed by atoms with E-state index in [9.17, 15) is 0 Å². The lowest BCUT2D eigenvalue weighted by atomic mass is 9.93. The van der Waals surface area contributed by atoms with Gasteiger partial charge in [-0.05, 0) is 50.3 Å². The first-order valence-electron chi connectivity index (χ1n) is 6.35. The van der Waals surface area contributed by atoms with Crippen molar-refractivity contribution < 1.29 is 0 Å². The van der Waals surface area contributed by atoms with Gasteiger partial charge in [0, 0.05) is 11.1 Å². The number of nitrogens with two attached hydrogens (primary N) is 1. The molecule has 2 aromatic rings. The Morgan fingerprint density at radius 2 is 2.00 bits per heavy atom. The summed E-state index contributed by atoms with van der Waals surface area (Å²) in [5, 5.41) is 1.14. The zero-order chi connectivity index (χ0) is 13.0. The van der Waals surface area contributed by atoms with Crippen molar-refractivity contribution in [2.45, 2.75) is 26.7 Å². The van der Waals surface area contributed by atoms with E-state index < -0.39 is 0 Å². The molecule has 3 heteroatoms. The normalized spacial score (nSPS) is 12.6. The van der Waals surface area contributed by atoms with Crippen molar-refractivity contribution in [2.24, 2.45) is 11.7 Å². The first-order chi connectivity index (χ1) is 8.69. The van der Waals surface area contributed by atoms with Gasteiger partial charge in [0.25, 0.3) is 0 Å². The number of benzene rings is 1. The van der Waals surface area contributed by atoms with Crippen molar-refractivity contribution in [3.05, 3.63) is 51.5 Å². The largest absolute Gasteiger partial charge is 0.330 e. The summed E-state index contributed by atoms with van der Waals surface area (Å²) in [7, 11) is 0. The maximum absolute atomic E-state index is 5.91. The van der Waals surface area contributed by atoms with Crippen LogP contribution in [0.4, 0.5) is 0 Å². The molecular weight excluding hydrogens is 240 g/mol. The number of thiazole rings is 1. The number of hydrogen-bond donors (Lipinski definition) is 1. The third kappa shape index (κ3) is 3.40. The SMILES string of the molecule is Cc1ncc(CC(CN)Cc2ccccc2C)s1. The lowest BCUT2D eigenvalue weighted by molar-refractivity contribution is 0.536. The van der Waals surface area contributed by atoms with Gasteiger partial charge in [0.2, 0.25) is 0 Å². The quantitative estimate of drug-likeness (QED) is 0.897. The highest BCUT2D eigenvalue weighted by Crippen LogP contribution is 2.20. The van der Waals surface area contributed by atoms with E-state index in [0.717, 1.165) is 24.4 Å². The molecular formula is C15H20N2S. The smallest absolute Gasteiger partial charge is 0.0896 e. The monoisotopic (exact) mass is 260 g/mol. The second kappa shape index (κ2) is 6.12. The summed E-state index contributed by atoms with van der Waals surface area (Å²) in [4.78, 5) is 5.65. The Labute approximate surface area is 113 Å². The van der Waals surface area contributed by atoms with Gasteiger partial charge in [-0.1, -0.05) is 24.3 Å². The summed E-state index contributed by atoms with van der Waals surface area (Å²) in [6, 6.07) is 8.56. The molecule has 0 spiro atoms. The van der Waals surface area contributed by atoms with Gasteiger partial charge in [-0.2, -0.15) is 0 Å². The second-order valence-electron chi connectivity index (χ2n) is 4.78. The van der Waals surface area contributed by atoms with Gasteiger partial charge in [0.15, 0.2) is 0 Å². The van der Waals surface area contributed by atoms with Crippen molar-refractivity contribution >= 4 is 11.3 Å². The molecule has 0 saturated carbocycles. The zero-order valence-electron chi connectivity index (χ0n) is 11.0. The molecule has 0 amide bonds. The maximum atomic E-state index is 5.91. The number of nitrogens with zero attached hydrogens (tertiary/aromatic N) is 1. The minimum Gasteiger partial charge on any atom is -0.330 e. The standard InChI is InChI=1S/C15H20N2S/c1-11-5-3-4-6-14(11)7-13(9-16)8-15-10-17-12(2)18-15/h3-6,10,13H,7-9,16H2,1-2H3. The lowest BCUT2D eigenvalue weighted by Crippen LogP contribution is -2.19. The minimum atomic E-state index is 0.506. The third-order valence-electron chi connectivity index (χ3n) is 3.26. The van der Waals surface area contributed by atoms with Gasteiger partial charge >= 0.3 is 0 Å². The third-order valence-corrected chi connectivity index (χ3v) is 4.20. The number of aryl methyl sites for hydroxylation is 2. The van der Waals surface area contributed by atoms with Crippen molar-refractivity contribution in [3.8, 4) is 0 Å². The minimum absolute atomic E-state index is 0.506. The van der Waals surface area contributed by atoms with E-state index in [1.54, 1.807) is 11.3 Å². The Morgan fingerprint density at radius 3 is 2.61 bits per heavy atom. The molecule has 0 aliphatic carbocycles. The molecule has 1 unspecified atom stereocenters. The Morgan fingerprint density at radius 1 is 1.22 bits per heavy atom. The Kier molecular flexibility index (Phi) is 4.50. The molecule has 1 aromatic heterocycles. The maximum Gasteiger partial charge on any atom is 0.0896 e. The first kappa shape index (κ1) is 13.2. The summed E-state index contributed by atoms with van der Waals surface area (Å²) in [5.74, 6) is 0.506. The number of hydrogen-bond acceptors (Lipinski definition) is 3. The van der Waals surface area contributed by atoms with Crippen LogP contribution in [0.2, 0.25) is 0 Å². The molecule has 2 nitrogen and oxygen atoms in total. The van der Waals surface area contributed by atoms with Gasteiger partial charge in [-0.15, -0.1) is 11.3 Å². The first-order valence-corrected chi connectivity index (χ1v) is 7.16. The average molecular weight is 260 g/mol. The van der Waals surface area contributed by atoms with Crippen LogP contribution in [0.25, 0.3) is 0 Å². The Balaban J connectivity index is 2.04. The van der Waals surface area contributed by atoms with Crippen molar-refractivity contribution in [2.75, 3.05) is 6.54 Å². The number of rotatable bonds is 5.